The molecule has 5 nitrogen and oxygen atoms in total. The zero-order chi connectivity index (χ0) is 21.5. The monoisotopic (exact) mass is 409 g/mol. The van der Waals surface area contributed by atoms with Gasteiger partial charge in [0.15, 0.2) is 0 Å². The second kappa shape index (κ2) is 10.6. The summed E-state index contributed by atoms with van der Waals surface area (Å²) in [5.74, 6) is 0.621. The maximum Gasteiger partial charge on any atom is 0.241 e. The van der Waals surface area contributed by atoms with Gasteiger partial charge in [0.05, 0.1) is 19.3 Å². The van der Waals surface area contributed by atoms with Crippen LogP contribution in [-0.2, 0) is 16.0 Å². The number of ether oxygens (including phenoxy) is 1. The molecule has 0 radical (unpaired) electrons. The van der Waals surface area contributed by atoms with Crippen LogP contribution in [-0.4, -0.2) is 38.3 Å². The van der Waals surface area contributed by atoms with Crippen LogP contribution >= 0.6 is 0 Å². The molecule has 3 rings (SSSR count). The molecule has 30 heavy (non-hydrogen) atoms. The molecule has 2 atom stereocenters. The number of hydrogen-bond donors (Lipinski definition) is 2. The van der Waals surface area contributed by atoms with Gasteiger partial charge in [-0.15, -0.1) is 0 Å². The fraction of sp³-hybridized carbons (Fsp3) is 0.480. The largest absolute Gasteiger partial charge is 0.378 e. The Labute approximate surface area is 180 Å². The van der Waals surface area contributed by atoms with Gasteiger partial charge in [-0.1, -0.05) is 38.1 Å². The van der Waals surface area contributed by atoms with E-state index in [1.807, 2.05) is 19.1 Å². The van der Waals surface area contributed by atoms with Gasteiger partial charge in [-0.2, -0.15) is 0 Å². The SMILES string of the molecule is CC(C)Cc1ccc([C@H](C)N[C@H](C)C(=O)Nc2ccc(N3CCOCC3)cc2)cc1. The van der Waals surface area contributed by atoms with Crippen molar-refractivity contribution in [3.8, 4) is 0 Å². The highest BCUT2D eigenvalue weighted by atomic mass is 16.5. The van der Waals surface area contributed by atoms with Crippen molar-refractivity contribution < 1.29 is 9.53 Å². The molecule has 0 saturated carbocycles. The Kier molecular flexibility index (Phi) is 7.88. The molecule has 2 aromatic rings. The van der Waals surface area contributed by atoms with Gasteiger partial charge in [0.25, 0.3) is 0 Å². The average molecular weight is 410 g/mol. The topological polar surface area (TPSA) is 53.6 Å². The predicted molar refractivity (Wildman–Crippen MR) is 124 cm³/mol. The average Bonchev–Trinajstić information content (AvgIpc) is 2.75. The molecule has 162 valence electrons. The Morgan fingerprint density at radius 3 is 2.20 bits per heavy atom. The molecule has 1 saturated heterocycles. The predicted octanol–water partition coefficient (Wildman–Crippen LogP) is 4.40. The van der Waals surface area contributed by atoms with Crippen LogP contribution in [0, 0.1) is 5.92 Å². The molecule has 1 amide bonds. The third kappa shape index (κ3) is 6.31. The number of nitrogens with one attached hydrogen (secondary N) is 2. The normalized spacial score (nSPS) is 16.4. The number of hydrogen-bond acceptors (Lipinski definition) is 4. The lowest BCUT2D eigenvalue weighted by atomic mass is 9.99. The van der Waals surface area contributed by atoms with Gasteiger partial charge in [0.2, 0.25) is 5.91 Å². The lowest BCUT2D eigenvalue weighted by Crippen LogP contribution is -2.39. The zero-order valence-electron chi connectivity index (χ0n) is 18.7. The van der Waals surface area contributed by atoms with Gasteiger partial charge in [0, 0.05) is 30.5 Å². The number of morpholine rings is 1. The van der Waals surface area contributed by atoms with Gasteiger partial charge in [-0.25, -0.2) is 0 Å². The first-order valence-corrected chi connectivity index (χ1v) is 11.0. The summed E-state index contributed by atoms with van der Waals surface area (Å²) in [7, 11) is 0. The van der Waals surface area contributed by atoms with Crippen molar-refractivity contribution in [2.75, 3.05) is 36.5 Å². The summed E-state index contributed by atoms with van der Waals surface area (Å²) in [6, 6.07) is 16.5. The minimum Gasteiger partial charge on any atom is -0.378 e. The van der Waals surface area contributed by atoms with E-state index in [-0.39, 0.29) is 18.0 Å². The van der Waals surface area contributed by atoms with Gasteiger partial charge in [-0.3, -0.25) is 10.1 Å². The molecular formula is C25H35N3O2. The second-order valence-corrected chi connectivity index (χ2v) is 8.59. The summed E-state index contributed by atoms with van der Waals surface area (Å²) in [6.45, 7) is 11.8. The van der Waals surface area contributed by atoms with Crippen LogP contribution in [0.15, 0.2) is 48.5 Å². The summed E-state index contributed by atoms with van der Waals surface area (Å²) in [4.78, 5) is 14.9. The van der Waals surface area contributed by atoms with Crippen molar-refractivity contribution in [3.63, 3.8) is 0 Å². The smallest absolute Gasteiger partial charge is 0.241 e. The highest BCUT2D eigenvalue weighted by molar-refractivity contribution is 5.94. The van der Waals surface area contributed by atoms with Crippen LogP contribution in [0.1, 0.15) is 44.9 Å². The zero-order valence-corrected chi connectivity index (χ0v) is 18.7. The number of benzene rings is 2. The van der Waals surface area contributed by atoms with Crippen molar-refractivity contribution in [3.05, 3.63) is 59.7 Å². The lowest BCUT2D eigenvalue weighted by Gasteiger charge is -2.29. The standard InChI is InChI=1S/C25H35N3O2/c1-18(2)17-21-5-7-22(8-6-21)19(3)26-20(4)25(29)27-23-9-11-24(12-10-23)28-13-15-30-16-14-28/h5-12,18-20,26H,13-17H2,1-4H3,(H,27,29)/t19-,20+/m0/s1. The molecule has 0 spiro atoms. The Morgan fingerprint density at radius 2 is 1.60 bits per heavy atom. The molecule has 0 aromatic heterocycles. The summed E-state index contributed by atoms with van der Waals surface area (Å²) in [6.07, 6.45) is 1.09. The van der Waals surface area contributed by atoms with Crippen molar-refractivity contribution in [2.45, 2.75) is 46.2 Å². The molecule has 2 N–H and O–H groups in total. The minimum atomic E-state index is -0.297. The molecule has 0 unspecified atom stereocenters. The van der Waals surface area contributed by atoms with E-state index in [9.17, 15) is 4.79 Å². The summed E-state index contributed by atoms with van der Waals surface area (Å²) in [5, 5.41) is 6.42. The number of carbonyl (C=O) groups is 1. The van der Waals surface area contributed by atoms with Crippen molar-refractivity contribution >= 4 is 17.3 Å². The maximum absolute atomic E-state index is 12.6. The number of anilines is 2. The number of carbonyl (C=O) groups excluding carboxylic acids is 1. The Morgan fingerprint density at radius 1 is 0.967 bits per heavy atom. The van der Waals surface area contributed by atoms with Crippen molar-refractivity contribution in [1.82, 2.24) is 5.32 Å². The molecule has 5 heteroatoms. The van der Waals surface area contributed by atoms with E-state index in [1.165, 1.54) is 11.1 Å². The number of amides is 1. The van der Waals surface area contributed by atoms with Crippen molar-refractivity contribution in [2.24, 2.45) is 5.92 Å². The second-order valence-electron chi connectivity index (χ2n) is 8.59. The van der Waals surface area contributed by atoms with Crippen LogP contribution in [0.25, 0.3) is 0 Å². The number of rotatable bonds is 8. The van der Waals surface area contributed by atoms with E-state index in [4.69, 9.17) is 4.74 Å². The Balaban J connectivity index is 1.51. The fourth-order valence-electron chi connectivity index (χ4n) is 3.79. The Bertz CT molecular complexity index is 796. The first-order chi connectivity index (χ1) is 14.4. The maximum atomic E-state index is 12.6. The highest BCUT2D eigenvalue weighted by Crippen LogP contribution is 2.20. The van der Waals surface area contributed by atoms with Gasteiger partial charge in [-0.05, 0) is 61.6 Å². The molecule has 2 aromatic carbocycles. The Hall–Kier alpha value is -2.37. The molecule has 0 aliphatic carbocycles. The summed E-state index contributed by atoms with van der Waals surface area (Å²) >= 11 is 0. The van der Waals surface area contributed by atoms with Gasteiger partial charge >= 0.3 is 0 Å². The molecule has 1 aliphatic heterocycles. The van der Waals surface area contributed by atoms with E-state index < -0.39 is 0 Å². The molecule has 1 heterocycles. The van der Waals surface area contributed by atoms with Crippen LogP contribution in [0.3, 0.4) is 0 Å². The quantitative estimate of drug-likeness (QED) is 0.679. The minimum absolute atomic E-state index is 0.0302. The summed E-state index contributed by atoms with van der Waals surface area (Å²) < 4.78 is 5.40. The van der Waals surface area contributed by atoms with Crippen LogP contribution in [0.2, 0.25) is 0 Å². The lowest BCUT2D eigenvalue weighted by molar-refractivity contribution is -0.117. The van der Waals surface area contributed by atoms with E-state index >= 15 is 0 Å². The van der Waals surface area contributed by atoms with Crippen LogP contribution in [0.4, 0.5) is 11.4 Å². The van der Waals surface area contributed by atoms with E-state index in [0.717, 1.165) is 44.1 Å². The molecule has 1 aliphatic rings. The van der Waals surface area contributed by atoms with Crippen LogP contribution in [0.5, 0.6) is 0 Å². The molecular weight excluding hydrogens is 374 g/mol. The fourth-order valence-corrected chi connectivity index (χ4v) is 3.79. The first kappa shape index (κ1) is 22.3. The van der Waals surface area contributed by atoms with E-state index in [0.29, 0.717) is 5.92 Å². The van der Waals surface area contributed by atoms with Crippen molar-refractivity contribution in [1.29, 1.82) is 0 Å². The third-order valence-corrected chi connectivity index (χ3v) is 5.53. The van der Waals surface area contributed by atoms with Crippen LogP contribution < -0.4 is 15.5 Å². The first-order valence-electron chi connectivity index (χ1n) is 11.0. The molecule has 0 bridgehead atoms. The van der Waals surface area contributed by atoms with E-state index in [2.05, 4.69) is 72.7 Å². The van der Waals surface area contributed by atoms with Gasteiger partial charge in [0.1, 0.15) is 0 Å². The molecule has 1 fully saturated rings. The third-order valence-electron chi connectivity index (χ3n) is 5.53. The number of nitrogens with zero attached hydrogens (tertiary/aromatic N) is 1. The van der Waals surface area contributed by atoms with Gasteiger partial charge < -0.3 is 15.0 Å². The summed E-state index contributed by atoms with van der Waals surface area (Å²) in [5.41, 5.74) is 4.53. The highest BCUT2D eigenvalue weighted by Gasteiger charge is 2.17. The van der Waals surface area contributed by atoms with E-state index in [1.54, 1.807) is 0 Å².